The van der Waals surface area contributed by atoms with Crippen LogP contribution in [0.25, 0.3) is 0 Å². The van der Waals surface area contributed by atoms with E-state index >= 15 is 0 Å². The summed E-state index contributed by atoms with van der Waals surface area (Å²) in [6.45, 7) is 21.0. The topological polar surface area (TPSA) is 192 Å². The normalized spacial score (nSPS) is 10.6. The highest BCUT2D eigenvalue weighted by molar-refractivity contribution is 5.84. The summed E-state index contributed by atoms with van der Waals surface area (Å²) in [5.74, 6) is -3.58. The van der Waals surface area contributed by atoms with Crippen LogP contribution in [-0.4, -0.2) is 74.5 Å². The van der Waals surface area contributed by atoms with Crippen molar-refractivity contribution in [3.8, 4) is 0 Å². The molecule has 17 heteroatoms. The molecule has 0 aliphatic carbocycles. The van der Waals surface area contributed by atoms with Crippen LogP contribution in [-0.2, 0) is 111 Å². The Morgan fingerprint density at radius 3 is 0.699 bits per heavy atom. The molecule has 6 aromatic rings. The molecule has 0 saturated heterocycles. The summed E-state index contributed by atoms with van der Waals surface area (Å²) in [5.41, 5.74) is 10.1. The smallest absolute Gasteiger partial charge is 0.330 e. The largest absolute Gasteiger partial charge is 0.460 e. The van der Waals surface area contributed by atoms with Crippen LogP contribution in [0.5, 0.6) is 0 Å². The van der Waals surface area contributed by atoms with Gasteiger partial charge in [-0.15, -0.1) is 0 Å². The van der Waals surface area contributed by atoms with E-state index in [4.69, 9.17) is 42.6 Å². The monoisotopic (exact) mass is 1120 g/mol. The van der Waals surface area contributed by atoms with Crippen LogP contribution in [0.4, 0.5) is 34.1 Å². The molecule has 6 rings (SSSR count). The van der Waals surface area contributed by atoms with Crippen molar-refractivity contribution in [1.82, 2.24) is 0 Å². The van der Waals surface area contributed by atoms with E-state index in [-0.39, 0.29) is 52.9 Å². The molecule has 0 unspecified atom stereocenters. The first-order valence-corrected chi connectivity index (χ1v) is 26.0. The quantitative estimate of drug-likeness (QED) is 0.0210. The number of nitrogens with zero attached hydrogens (tertiary/aromatic N) is 2. The van der Waals surface area contributed by atoms with Gasteiger partial charge in [-0.1, -0.05) is 112 Å². The highest BCUT2D eigenvalue weighted by atomic mass is 16.6. The van der Waals surface area contributed by atoms with E-state index in [1.165, 1.54) is 0 Å². The van der Waals surface area contributed by atoms with E-state index in [1.807, 2.05) is 146 Å². The molecule has 0 bridgehead atoms. The molecule has 0 spiro atoms. The van der Waals surface area contributed by atoms with Gasteiger partial charge in [0, 0.05) is 70.6 Å². The average Bonchev–Trinajstić information content (AvgIpc) is 3.56. The Morgan fingerprint density at radius 1 is 0.289 bits per heavy atom. The first-order chi connectivity index (χ1) is 40.3. The van der Waals surface area contributed by atoms with Gasteiger partial charge in [0.15, 0.2) is 0 Å². The van der Waals surface area contributed by atoms with Gasteiger partial charge in [-0.25, -0.2) is 28.8 Å². The third-order valence-corrected chi connectivity index (χ3v) is 12.1. The SMILES string of the molecule is C=CC(=O)OCc1ccc(N(c2ccc(COCc3ccc(N(c4ccc(COC(=O)C=C)cc4)c4ccc(COC(COC(=O)C=C)COC(=O)C=C)cc4)cc3)cc2)c2ccc(COC(COC(=O)C=C)COC(=O)C=C)cc2)cc1. The van der Waals surface area contributed by atoms with Crippen LogP contribution in [0.15, 0.2) is 222 Å². The maximum absolute atomic E-state index is 11.8. The molecule has 0 aliphatic rings. The molecule has 0 aliphatic heterocycles. The number of carbonyl (C=O) groups excluding carboxylic acids is 6. The van der Waals surface area contributed by atoms with Gasteiger partial charge in [-0.05, 0) is 106 Å². The number of hydrogen-bond acceptors (Lipinski definition) is 17. The van der Waals surface area contributed by atoms with Crippen LogP contribution in [0.1, 0.15) is 33.4 Å². The minimum atomic E-state index is -0.745. The number of carbonyl (C=O) groups is 6. The maximum Gasteiger partial charge on any atom is 0.330 e. The molecule has 17 nitrogen and oxygen atoms in total. The molecule has 0 saturated carbocycles. The van der Waals surface area contributed by atoms with Crippen molar-refractivity contribution in [2.24, 2.45) is 0 Å². The van der Waals surface area contributed by atoms with Crippen molar-refractivity contribution in [3.63, 3.8) is 0 Å². The summed E-state index contributed by atoms with van der Waals surface area (Å²) in [5, 5.41) is 0. The Bertz CT molecular complexity index is 2910. The summed E-state index contributed by atoms with van der Waals surface area (Å²) in [6, 6.07) is 46.7. The summed E-state index contributed by atoms with van der Waals surface area (Å²) in [6.07, 6.45) is 4.89. The van der Waals surface area contributed by atoms with Crippen molar-refractivity contribution in [2.75, 3.05) is 36.2 Å². The number of rotatable bonds is 34. The maximum atomic E-state index is 11.8. The first kappa shape index (κ1) is 62.3. The highest BCUT2D eigenvalue weighted by Gasteiger charge is 2.19. The number of ether oxygens (including phenoxy) is 9. The van der Waals surface area contributed by atoms with Gasteiger partial charge in [0.25, 0.3) is 0 Å². The fourth-order valence-electron chi connectivity index (χ4n) is 7.71. The van der Waals surface area contributed by atoms with E-state index in [0.717, 1.165) is 104 Å². The van der Waals surface area contributed by atoms with Crippen molar-refractivity contribution in [1.29, 1.82) is 0 Å². The number of hydrogen-bond donors (Lipinski definition) is 0. The van der Waals surface area contributed by atoms with E-state index in [1.54, 1.807) is 0 Å². The minimum Gasteiger partial charge on any atom is -0.460 e. The van der Waals surface area contributed by atoms with Gasteiger partial charge < -0.3 is 52.4 Å². The lowest BCUT2D eigenvalue weighted by atomic mass is 10.1. The molecule has 0 amide bonds. The number of benzene rings is 6. The van der Waals surface area contributed by atoms with Gasteiger partial charge >= 0.3 is 35.8 Å². The molecule has 83 heavy (non-hydrogen) atoms. The molecule has 0 fully saturated rings. The lowest BCUT2D eigenvalue weighted by Gasteiger charge is -2.26. The standard InChI is InChI=1S/C66H64N2O15/c1-7-61(69)78-41-51-21-33-57(34-22-51)67(55-29-17-49(18-30-55)39-76-59(43-80-63(71)9-3)44-81-64(72)10-4)53-25-13-47(14-26-53)37-75-38-48-15-27-54(28-16-48)68(58-35-23-52(24-36-58)42-79-62(70)8-2)56-31-19-50(20-32-56)40-77-60(45-82-65(73)11-5)46-83-66(74)12-6/h7-36,59-60H,1-6,37-46H2. The predicted octanol–water partition coefficient (Wildman–Crippen LogP) is 11.5. The van der Waals surface area contributed by atoms with Crippen molar-refractivity contribution in [2.45, 2.75) is 51.8 Å². The molecule has 0 aromatic heterocycles. The Kier molecular flexibility index (Phi) is 24.7. The van der Waals surface area contributed by atoms with E-state index in [2.05, 4.69) is 49.3 Å². The Labute approximate surface area is 482 Å². The number of esters is 6. The van der Waals surface area contributed by atoms with Crippen molar-refractivity contribution >= 4 is 69.9 Å². The molecule has 6 aromatic carbocycles. The first-order valence-electron chi connectivity index (χ1n) is 26.0. The Balaban J connectivity index is 1.15. The van der Waals surface area contributed by atoms with E-state index < -0.39 is 48.0 Å². The van der Waals surface area contributed by atoms with E-state index in [0.29, 0.717) is 13.2 Å². The molecule has 428 valence electrons. The van der Waals surface area contributed by atoms with Crippen LogP contribution >= 0.6 is 0 Å². The van der Waals surface area contributed by atoms with Gasteiger partial charge in [0.05, 0.1) is 26.4 Å². The van der Waals surface area contributed by atoms with Crippen LogP contribution < -0.4 is 9.80 Å². The highest BCUT2D eigenvalue weighted by Crippen LogP contribution is 2.37. The zero-order valence-electron chi connectivity index (χ0n) is 45.8. The molecular formula is C66H64N2O15. The van der Waals surface area contributed by atoms with Crippen LogP contribution in [0.2, 0.25) is 0 Å². The average molecular weight is 1130 g/mol. The molecule has 0 heterocycles. The minimum absolute atomic E-state index is 0.0841. The van der Waals surface area contributed by atoms with Crippen LogP contribution in [0.3, 0.4) is 0 Å². The second-order valence-corrected chi connectivity index (χ2v) is 18.0. The van der Waals surface area contributed by atoms with E-state index in [9.17, 15) is 28.8 Å². The third kappa shape index (κ3) is 20.3. The van der Waals surface area contributed by atoms with Gasteiger partial charge in [-0.2, -0.15) is 0 Å². The zero-order chi connectivity index (χ0) is 59.3. The molecular weight excluding hydrogens is 1060 g/mol. The molecule has 0 atom stereocenters. The van der Waals surface area contributed by atoms with Crippen LogP contribution in [0, 0.1) is 0 Å². The second kappa shape index (κ2) is 33.0. The summed E-state index contributed by atoms with van der Waals surface area (Å²) in [7, 11) is 0. The van der Waals surface area contributed by atoms with Gasteiger partial charge in [0.1, 0.15) is 51.8 Å². The summed E-state index contributed by atoms with van der Waals surface area (Å²) >= 11 is 0. The Morgan fingerprint density at radius 2 is 0.482 bits per heavy atom. The second-order valence-electron chi connectivity index (χ2n) is 18.0. The zero-order valence-corrected chi connectivity index (χ0v) is 45.8. The fraction of sp³-hybridized carbons (Fsp3) is 0.182. The molecule has 0 radical (unpaired) electrons. The number of anilines is 6. The fourth-order valence-corrected chi connectivity index (χ4v) is 7.71. The lowest BCUT2D eigenvalue weighted by Crippen LogP contribution is -2.28. The summed E-state index contributed by atoms with van der Waals surface area (Å²) in [4.78, 5) is 74.7. The molecule has 0 N–H and O–H groups in total. The van der Waals surface area contributed by atoms with Crippen molar-refractivity contribution in [3.05, 3.63) is 255 Å². The van der Waals surface area contributed by atoms with Gasteiger partial charge in [0.2, 0.25) is 0 Å². The Hall–Kier alpha value is -9.94. The lowest BCUT2D eigenvalue weighted by molar-refractivity contribution is -0.151. The third-order valence-electron chi connectivity index (χ3n) is 12.1. The van der Waals surface area contributed by atoms with Crippen molar-refractivity contribution < 1.29 is 71.4 Å². The summed E-state index contributed by atoms with van der Waals surface area (Å²) < 4.78 is 49.4. The van der Waals surface area contributed by atoms with Gasteiger partial charge in [-0.3, -0.25) is 0 Å². The predicted molar refractivity (Wildman–Crippen MR) is 313 cm³/mol.